The molecule has 1 aromatic rings. The average Bonchev–Trinajstić information content (AvgIpc) is 2.22. The van der Waals surface area contributed by atoms with Crippen LogP contribution in [0.2, 0.25) is 5.02 Å². The van der Waals surface area contributed by atoms with Gasteiger partial charge in [-0.1, -0.05) is 11.6 Å². The molecule has 0 spiro atoms. The third kappa shape index (κ3) is 3.23. The Labute approximate surface area is 95.8 Å². The number of aryl methyl sites for hydroxylation is 1. The lowest BCUT2D eigenvalue weighted by atomic mass is 10.4. The van der Waals surface area contributed by atoms with Gasteiger partial charge < -0.3 is 4.74 Å². The molecule has 0 aromatic carbocycles. The van der Waals surface area contributed by atoms with Crippen molar-refractivity contribution in [1.82, 2.24) is 9.55 Å². The summed E-state index contributed by atoms with van der Waals surface area (Å²) < 4.78 is 5.85. The molecule has 0 aliphatic rings. The zero-order valence-corrected chi connectivity index (χ0v) is 9.41. The first-order valence-electron chi connectivity index (χ1n) is 4.69. The van der Waals surface area contributed by atoms with Crippen molar-refractivity contribution >= 4 is 17.6 Å². The van der Waals surface area contributed by atoms with Crippen molar-refractivity contribution in [2.75, 3.05) is 6.61 Å². The van der Waals surface area contributed by atoms with E-state index in [1.165, 1.54) is 6.20 Å². The van der Waals surface area contributed by atoms with Crippen LogP contribution in [0.4, 0.5) is 0 Å². The van der Waals surface area contributed by atoms with E-state index in [0.717, 1.165) is 4.57 Å². The van der Waals surface area contributed by atoms with Crippen molar-refractivity contribution in [3.8, 4) is 0 Å². The lowest BCUT2D eigenvalue weighted by Gasteiger charge is -2.04. The van der Waals surface area contributed by atoms with Crippen LogP contribution >= 0.6 is 11.6 Å². The number of carbonyl (C=O) groups excluding carboxylic acids is 1. The highest BCUT2D eigenvalue weighted by molar-refractivity contribution is 6.30. The van der Waals surface area contributed by atoms with Gasteiger partial charge in [-0.2, -0.15) is 0 Å². The molecule has 0 saturated heterocycles. The van der Waals surface area contributed by atoms with Crippen LogP contribution in [-0.4, -0.2) is 22.1 Å². The molecule has 1 aromatic heterocycles. The van der Waals surface area contributed by atoms with Crippen molar-refractivity contribution < 1.29 is 9.53 Å². The van der Waals surface area contributed by atoms with E-state index in [9.17, 15) is 14.4 Å². The fourth-order valence-electron chi connectivity index (χ4n) is 1.09. The number of esters is 1. The molecule has 6 nitrogen and oxygen atoms in total. The number of rotatable bonds is 4. The smallest absolute Gasteiger partial charge is 0.328 e. The standard InChI is InChI=1S/C9H11ClN2O4/c1-2-16-7(13)3-4-12-5-6(10)8(14)11-9(12)15/h5H,2-4H2,1H3,(H,11,14,15). The second-order valence-electron chi connectivity index (χ2n) is 2.98. The van der Waals surface area contributed by atoms with Crippen LogP contribution in [0.5, 0.6) is 0 Å². The van der Waals surface area contributed by atoms with Gasteiger partial charge in [0, 0.05) is 12.7 Å². The van der Waals surface area contributed by atoms with E-state index in [1.54, 1.807) is 6.92 Å². The Bertz CT molecular complexity index is 491. The van der Waals surface area contributed by atoms with Crippen molar-refractivity contribution in [3.63, 3.8) is 0 Å². The monoisotopic (exact) mass is 246 g/mol. The fraction of sp³-hybridized carbons (Fsp3) is 0.444. The molecule has 0 aliphatic heterocycles. The summed E-state index contributed by atoms with van der Waals surface area (Å²) in [5.41, 5.74) is -1.24. The summed E-state index contributed by atoms with van der Waals surface area (Å²) in [6, 6.07) is 0. The summed E-state index contributed by atoms with van der Waals surface area (Å²) in [5, 5.41) is -0.0940. The van der Waals surface area contributed by atoms with Crippen LogP contribution in [0.25, 0.3) is 0 Å². The van der Waals surface area contributed by atoms with Gasteiger partial charge in [-0.3, -0.25) is 19.1 Å². The lowest BCUT2D eigenvalue weighted by Crippen LogP contribution is -2.30. The molecule has 1 N–H and O–H groups in total. The Kier molecular flexibility index (Phi) is 4.30. The lowest BCUT2D eigenvalue weighted by molar-refractivity contribution is -0.143. The van der Waals surface area contributed by atoms with Crippen molar-refractivity contribution in [3.05, 3.63) is 32.1 Å². The van der Waals surface area contributed by atoms with Crippen LogP contribution in [0.15, 0.2) is 15.8 Å². The number of aromatic amines is 1. The number of nitrogens with zero attached hydrogens (tertiary/aromatic N) is 1. The molecule has 0 bridgehead atoms. The summed E-state index contributed by atoms with van der Waals surface area (Å²) in [6.45, 7) is 2.11. The van der Waals surface area contributed by atoms with Crippen LogP contribution < -0.4 is 11.2 Å². The van der Waals surface area contributed by atoms with Crippen LogP contribution in [0.3, 0.4) is 0 Å². The number of nitrogens with one attached hydrogen (secondary N) is 1. The molecule has 0 amide bonds. The van der Waals surface area contributed by atoms with Crippen LogP contribution in [0, 0.1) is 0 Å². The molecular formula is C9H11ClN2O4. The Morgan fingerprint density at radius 2 is 2.25 bits per heavy atom. The third-order valence-corrected chi connectivity index (χ3v) is 2.10. The van der Waals surface area contributed by atoms with E-state index in [-0.39, 0.29) is 18.0 Å². The van der Waals surface area contributed by atoms with Gasteiger partial charge in [-0.15, -0.1) is 0 Å². The van der Waals surface area contributed by atoms with Gasteiger partial charge in [0.25, 0.3) is 5.56 Å². The molecule has 0 aliphatic carbocycles. The van der Waals surface area contributed by atoms with E-state index < -0.39 is 17.2 Å². The van der Waals surface area contributed by atoms with Gasteiger partial charge >= 0.3 is 11.7 Å². The zero-order valence-electron chi connectivity index (χ0n) is 8.66. The number of ether oxygens (including phenoxy) is 1. The molecule has 7 heteroatoms. The first kappa shape index (κ1) is 12.5. The van der Waals surface area contributed by atoms with Crippen molar-refractivity contribution in [1.29, 1.82) is 0 Å². The second-order valence-corrected chi connectivity index (χ2v) is 3.39. The zero-order chi connectivity index (χ0) is 12.1. The van der Waals surface area contributed by atoms with E-state index in [0.29, 0.717) is 6.61 Å². The summed E-state index contributed by atoms with van der Waals surface area (Å²) in [7, 11) is 0. The maximum Gasteiger partial charge on any atom is 0.328 e. The van der Waals surface area contributed by atoms with Gasteiger partial charge in [0.05, 0.1) is 13.0 Å². The van der Waals surface area contributed by atoms with Gasteiger partial charge in [0.1, 0.15) is 5.02 Å². The van der Waals surface area contributed by atoms with E-state index >= 15 is 0 Å². The molecular weight excluding hydrogens is 236 g/mol. The van der Waals surface area contributed by atoms with E-state index in [2.05, 4.69) is 0 Å². The molecule has 88 valence electrons. The fourth-order valence-corrected chi connectivity index (χ4v) is 1.26. The van der Waals surface area contributed by atoms with E-state index in [1.807, 2.05) is 4.98 Å². The molecule has 0 radical (unpaired) electrons. The third-order valence-electron chi connectivity index (χ3n) is 1.83. The second kappa shape index (κ2) is 5.50. The molecule has 0 atom stereocenters. The van der Waals surface area contributed by atoms with Crippen LogP contribution in [-0.2, 0) is 16.1 Å². The Morgan fingerprint density at radius 3 is 2.88 bits per heavy atom. The highest BCUT2D eigenvalue weighted by Crippen LogP contribution is 1.97. The molecule has 0 saturated carbocycles. The molecule has 0 unspecified atom stereocenters. The van der Waals surface area contributed by atoms with Gasteiger partial charge in [-0.05, 0) is 6.92 Å². The Hall–Kier alpha value is -1.56. The number of hydrogen-bond donors (Lipinski definition) is 1. The molecule has 0 fully saturated rings. The van der Waals surface area contributed by atoms with Gasteiger partial charge in [0.15, 0.2) is 0 Å². The summed E-state index contributed by atoms with van der Waals surface area (Å²) in [5.74, 6) is -0.406. The largest absolute Gasteiger partial charge is 0.466 e. The van der Waals surface area contributed by atoms with Gasteiger partial charge in [0.2, 0.25) is 0 Å². The maximum absolute atomic E-state index is 11.3. The van der Waals surface area contributed by atoms with Crippen LogP contribution in [0.1, 0.15) is 13.3 Å². The summed E-state index contributed by atoms with van der Waals surface area (Å²) in [6.07, 6.45) is 1.25. The predicted octanol–water partition coefficient (Wildman–Crippen LogP) is 0.143. The Balaban J connectivity index is 2.75. The summed E-state index contributed by atoms with van der Waals surface area (Å²) >= 11 is 5.54. The topological polar surface area (TPSA) is 81.2 Å². The first-order chi connectivity index (χ1) is 7.54. The normalized spacial score (nSPS) is 10.1. The van der Waals surface area contributed by atoms with Crippen molar-refractivity contribution in [2.24, 2.45) is 0 Å². The maximum atomic E-state index is 11.3. The van der Waals surface area contributed by atoms with Crippen molar-refractivity contribution in [2.45, 2.75) is 19.9 Å². The van der Waals surface area contributed by atoms with E-state index in [4.69, 9.17) is 16.3 Å². The number of aromatic nitrogens is 2. The predicted molar refractivity (Wildman–Crippen MR) is 57.6 cm³/mol. The quantitative estimate of drug-likeness (QED) is 0.767. The number of carbonyl (C=O) groups is 1. The first-order valence-corrected chi connectivity index (χ1v) is 5.07. The molecule has 16 heavy (non-hydrogen) atoms. The number of hydrogen-bond acceptors (Lipinski definition) is 4. The number of H-pyrrole nitrogens is 1. The highest BCUT2D eigenvalue weighted by atomic mass is 35.5. The minimum atomic E-state index is -0.640. The highest BCUT2D eigenvalue weighted by Gasteiger charge is 2.05. The minimum Gasteiger partial charge on any atom is -0.466 e. The average molecular weight is 247 g/mol. The minimum absolute atomic E-state index is 0.0517. The SMILES string of the molecule is CCOC(=O)CCn1cc(Cl)c(=O)[nH]c1=O. The molecule has 1 heterocycles. The molecule has 1 rings (SSSR count). The van der Waals surface area contributed by atoms with Gasteiger partial charge in [-0.25, -0.2) is 4.79 Å². The Morgan fingerprint density at radius 1 is 1.56 bits per heavy atom. The number of halogens is 1. The summed E-state index contributed by atoms with van der Waals surface area (Å²) in [4.78, 5) is 35.3.